The van der Waals surface area contributed by atoms with E-state index in [0.717, 1.165) is 51.4 Å². The van der Waals surface area contributed by atoms with Crippen LogP contribution < -0.4 is 0 Å². The second-order valence-electron chi connectivity index (χ2n) is 10.5. The van der Waals surface area contributed by atoms with Crippen molar-refractivity contribution < 1.29 is 15.0 Å². The second-order valence-corrected chi connectivity index (χ2v) is 13.1. The minimum absolute atomic E-state index is 0.0546. The van der Waals surface area contributed by atoms with Crippen LogP contribution in [0.3, 0.4) is 0 Å². The normalized spacial score (nSPS) is 13.8. The molecule has 3 nitrogen and oxygen atoms in total. The van der Waals surface area contributed by atoms with Gasteiger partial charge in [-0.3, -0.25) is 4.79 Å². The smallest absolute Gasteiger partial charge is 0.309 e. The van der Waals surface area contributed by atoms with Crippen molar-refractivity contribution in [1.82, 2.24) is 0 Å². The molecule has 0 aliphatic rings. The summed E-state index contributed by atoms with van der Waals surface area (Å²) in [6, 6.07) is 9.14. The van der Waals surface area contributed by atoms with Crippen molar-refractivity contribution in [3.8, 4) is 0 Å². The fraction of sp³-hybridized carbons (Fsp3) is 0.679. The van der Waals surface area contributed by atoms with E-state index in [1.165, 1.54) is 38.8 Å². The van der Waals surface area contributed by atoms with Crippen molar-refractivity contribution in [2.45, 2.75) is 105 Å². The summed E-state index contributed by atoms with van der Waals surface area (Å²) in [6.07, 6.45) is 12.7. The highest BCUT2D eigenvalue weighted by atomic mass is 32.1. The standard InChI is InChI=1S/C28H44O3S2/c1-5-28(4,26(30)31)20-9-7-12-23-16-18-25(33-23)14-10-13-24-17-15-22(32-24)11-6-8-19-27(2,3)21-29/h15-18,29H,5-14,19-21H2,1-4H3,(H,30,31). The van der Waals surface area contributed by atoms with Crippen molar-refractivity contribution in [2.75, 3.05) is 6.61 Å². The zero-order chi connectivity index (χ0) is 24.3. The molecule has 0 bridgehead atoms. The molecule has 2 heterocycles. The van der Waals surface area contributed by atoms with Crippen LogP contribution in [-0.2, 0) is 30.5 Å². The van der Waals surface area contributed by atoms with Crippen LogP contribution in [0.25, 0.3) is 0 Å². The highest BCUT2D eigenvalue weighted by Gasteiger charge is 2.30. The Bertz CT molecular complexity index is 836. The summed E-state index contributed by atoms with van der Waals surface area (Å²) in [4.78, 5) is 17.3. The first-order chi connectivity index (χ1) is 15.7. The third-order valence-electron chi connectivity index (χ3n) is 6.93. The molecule has 0 radical (unpaired) electrons. The van der Waals surface area contributed by atoms with Crippen LogP contribution in [-0.4, -0.2) is 22.8 Å². The number of hydrogen-bond acceptors (Lipinski definition) is 4. The largest absolute Gasteiger partial charge is 0.481 e. The summed E-state index contributed by atoms with van der Waals surface area (Å²) in [5, 5.41) is 18.8. The van der Waals surface area contributed by atoms with Crippen molar-refractivity contribution >= 4 is 28.6 Å². The molecule has 0 amide bonds. The molecular formula is C28H44O3S2. The van der Waals surface area contributed by atoms with Gasteiger partial charge in [0.15, 0.2) is 0 Å². The lowest BCUT2D eigenvalue weighted by Gasteiger charge is -2.22. The van der Waals surface area contributed by atoms with Crippen molar-refractivity contribution in [3.63, 3.8) is 0 Å². The lowest BCUT2D eigenvalue weighted by Crippen LogP contribution is -2.26. The van der Waals surface area contributed by atoms with Gasteiger partial charge < -0.3 is 10.2 Å². The average Bonchev–Trinajstić information content (AvgIpc) is 3.43. The first-order valence-electron chi connectivity index (χ1n) is 12.7. The predicted molar refractivity (Wildman–Crippen MR) is 143 cm³/mol. The van der Waals surface area contributed by atoms with Crippen molar-refractivity contribution in [3.05, 3.63) is 43.8 Å². The zero-order valence-electron chi connectivity index (χ0n) is 21.1. The number of carbonyl (C=O) groups is 1. The summed E-state index contributed by atoms with van der Waals surface area (Å²) >= 11 is 3.90. The summed E-state index contributed by atoms with van der Waals surface area (Å²) in [6.45, 7) is 8.38. The van der Waals surface area contributed by atoms with Crippen LogP contribution in [0.4, 0.5) is 0 Å². The molecule has 2 rings (SSSR count). The molecule has 0 aromatic carbocycles. The van der Waals surface area contributed by atoms with E-state index in [0.29, 0.717) is 6.42 Å². The molecule has 0 fully saturated rings. The van der Waals surface area contributed by atoms with E-state index >= 15 is 0 Å². The maximum absolute atomic E-state index is 11.4. The molecule has 1 atom stereocenters. The van der Waals surface area contributed by atoms with Gasteiger partial charge in [-0.15, -0.1) is 22.7 Å². The Kier molecular flexibility index (Phi) is 11.6. The van der Waals surface area contributed by atoms with E-state index in [-0.39, 0.29) is 12.0 Å². The monoisotopic (exact) mass is 492 g/mol. The van der Waals surface area contributed by atoms with Crippen LogP contribution in [0.5, 0.6) is 0 Å². The third-order valence-corrected chi connectivity index (χ3v) is 9.34. The highest BCUT2D eigenvalue weighted by Crippen LogP contribution is 2.30. The van der Waals surface area contributed by atoms with Gasteiger partial charge in [-0.05, 0) is 101 Å². The molecule has 0 spiro atoms. The van der Waals surface area contributed by atoms with E-state index in [1.807, 2.05) is 36.5 Å². The number of rotatable bonds is 17. The van der Waals surface area contributed by atoms with Crippen LogP contribution in [0.15, 0.2) is 24.3 Å². The van der Waals surface area contributed by atoms with E-state index < -0.39 is 11.4 Å². The number of hydrogen-bond donors (Lipinski definition) is 2. The molecule has 0 aliphatic heterocycles. The third kappa shape index (κ3) is 9.92. The molecule has 5 heteroatoms. The molecule has 2 aromatic heterocycles. The van der Waals surface area contributed by atoms with E-state index in [1.54, 1.807) is 0 Å². The zero-order valence-corrected chi connectivity index (χ0v) is 22.8. The van der Waals surface area contributed by atoms with Crippen molar-refractivity contribution in [2.24, 2.45) is 10.8 Å². The molecule has 1 unspecified atom stereocenters. The predicted octanol–water partition coefficient (Wildman–Crippen LogP) is 7.93. The van der Waals surface area contributed by atoms with Gasteiger partial charge in [0.05, 0.1) is 5.41 Å². The molecule has 2 aromatic rings. The van der Waals surface area contributed by atoms with Gasteiger partial charge in [0.1, 0.15) is 0 Å². The Hall–Kier alpha value is -1.17. The molecule has 0 saturated heterocycles. The van der Waals surface area contributed by atoms with Crippen LogP contribution in [0.1, 0.15) is 98.6 Å². The van der Waals surface area contributed by atoms with E-state index in [9.17, 15) is 15.0 Å². The number of unbranched alkanes of at least 4 members (excludes halogenated alkanes) is 2. The average molecular weight is 493 g/mol. The van der Waals surface area contributed by atoms with Gasteiger partial charge in [-0.25, -0.2) is 0 Å². The number of carboxylic acid groups (broad SMARTS) is 1. The quantitative estimate of drug-likeness (QED) is 0.220. The number of carboxylic acids is 1. The maximum Gasteiger partial charge on any atom is 0.309 e. The van der Waals surface area contributed by atoms with Gasteiger partial charge in [0, 0.05) is 26.1 Å². The van der Waals surface area contributed by atoms with Crippen LogP contribution in [0.2, 0.25) is 0 Å². The lowest BCUT2D eigenvalue weighted by atomic mass is 9.82. The Morgan fingerprint density at radius 2 is 1.18 bits per heavy atom. The number of aliphatic hydroxyl groups is 1. The number of thiophene rings is 2. The molecule has 0 aliphatic carbocycles. The molecular weight excluding hydrogens is 448 g/mol. The first kappa shape index (κ1) is 28.1. The Balaban J connectivity index is 1.63. The van der Waals surface area contributed by atoms with Gasteiger partial charge in [0.2, 0.25) is 0 Å². The highest BCUT2D eigenvalue weighted by molar-refractivity contribution is 7.12. The SMILES string of the molecule is CCC(C)(CCCCc1ccc(CCCc2ccc(CCCCC(C)(C)CO)s2)s1)C(=O)O. The molecule has 2 N–H and O–H groups in total. The summed E-state index contributed by atoms with van der Waals surface area (Å²) in [5.74, 6) is -0.664. The molecule has 33 heavy (non-hydrogen) atoms. The van der Waals surface area contributed by atoms with Gasteiger partial charge in [0.25, 0.3) is 0 Å². The molecule has 0 saturated carbocycles. The van der Waals surface area contributed by atoms with Gasteiger partial charge in [-0.1, -0.05) is 33.6 Å². The summed E-state index contributed by atoms with van der Waals surface area (Å²) < 4.78 is 0. The Labute approximate surface area is 209 Å². The number of aryl methyl sites for hydroxylation is 4. The molecule has 186 valence electrons. The van der Waals surface area contributed by atoms with Gasteiger partial charge in [-0.2, -0.15) is 0 Å². The van der Waals surface area contributed by atoms with Gasteiger partial charge >= 0.3 is 5.97 Å². The van der Waals surface area contributed by atoms with E-state index in [4.69, 9.17) is 0 Å². The minimum Gasteiger partial charge on any atom is -0.481 e. The fourth-order valence-corrected chi connectivity index (χ4v) is 6.25. The fourth-order valence-electron chi connectivity index (χ4n) is 4.05. The first-order valence-corrected chi connectivity index (χ1v) is 14.3. The number of aliphatic carboxylic acids is 1. The summed E-state index contributed by atoms with van der Waals surface area (Å²) in [5.41, 5.74) is -0.516. The number of aliphatic hydroxyl groups excluding tert-OH is 1. The Morgan fingerprint density at radius 1 is 0.758 bits per heavy atom. The summed E-state index contributed by atoms with van der Waals surface area (Å²) in [7, 11) is 0. The van der Waals surface area contributed by atoms with E-state index in [2.05, 4.69) is 38.1 Å². The van der Waals surface area contributed by atoms with Crippen molar-refractivity contribution in [1.29, 1.82) is 0 Å². The second kappa shape index (κ2) is 13.7. The minimum atomic E-state index is -0.664. The van der Waals surface area contributed by atoms with Crippen LogP contribution >= 0.6 is 22.7 Å². The maximum atomic E-state index is 11.4. The lowest BCUT2D eigenvalue weighted by molar-refractivity contribution is -0.148. The topological polar surface area (TPSA) is 57.5 Å². The van der Waals surface area contributed by atoms with Crippen LogP contribution in [0, 0.1) is 10.8 Å². The Morgan fingerprint density at radius 3 is 1.58 bits per heavy atom.